The average Bonchev–Trinajstić information content (AvgIpc) is 3.23. The van der Waals surface area contributed by atoms with Crippen LogP contribution in [0.1, 0.15) is 25.0 Å². The molecule has 5 aromatic rings. The quantitative estimate of drug-likeness (QED) is 0.417. The maximum Gasteiger partial charge on any atom is 0.488 e. The average molecular weight is 403 g/mol. The molecule has 1 aromatic heterocycles. The fourth-order valence-corrected chi connectivity index (χ4v) is 5.39. The van der Waals surface area contributed by atoms with Gasteiger partial charge in [0, 0.05) is 21.9 Å². The lowest BCUT2D eigenvalue weighted by Crippen LogP contribution is -2.29. The molecule has 0 fully saturated rings. The fraction of sp³-hybridized carbons (Fsp3) is 0.111. The van der Waals surface area contributed by atoms with Gasteiger partial charge in [0.2, 0.25) is 0 Å². The van der Waals surface area contributed by atoms with E-state index in [0.29, 0.717) is 5.46 Å². The summed E-state index contributed by atoms with van der Waals surface area (Å²) in [7, 11) is -1.49. The highest BCUT2D eigenvalue weighted by Crippen LogP contribution is 2.52. The van der Waals surface area contributed by atoms with Crippen molar-refractivity contribution < 1.29 is 10.0 Å². The highest BCUT2D eigenvalue weighted by atomic mass is 16.4. The largest absolute Gasteiger partial charge is 0.488 e. The summed E-state index contributed by atoms with van der Waals surface area (Å²) < 4.78 is 2.32. The summed E-state index contributed by atoms with van der Waals surface area (Å²) in [5.41, 5.74) is 8.92. The third-order valence-electron chi connectivity index (χ3n) is 6.78. The Balaban J connectivity index is 1.83. The van der Waals surface area contributed by atoms with E-state index in [9.17, 15) is 10.0 Å². The van der Waals surface area contributed by atoms with Crippen molar-refractivity contribution >= 4 is 34.4 Å². The Morgan fingerprint density at radius 3 is 2.26 bits per heavy atom. The first-order chi connectivity index (χ1) is 15.0. The van der Waals surface area contributed by atoms with Crippen LogP contribution in [0.4, 0.5) is 0 Å². The molecule has 0 saturated heterocycles. The summed E-state index contributed by atoms with van der Waals surface area (Å²) in [6.07, 6.45) is 0. The summed E-state index contributed by atoms with van der Waals surface area (Å²) in [6.45, 7) is 4.60. The third-order valence-corrected chi connectivity index (χ3v) is 6.78. The van der Waals surface area contributed by atoms with Crippen molar-refractivity contribution in [2.24, 2.45) is 0 Å². The van der Waals surface area contributed by atoms with Crippen molar-refractivity contribution in [3.05, 3.63) is 96.1 Å². The Morgan fingerprint density at radius 1 is 0.742 bits per heavy atom. The fourth-order valence-electron chi connectivity index (χ4n) is 5.39. The zero-order valence-corrected chi connectivity index (χ0v) is 17.5. The maximum absolute atomic E-state index is 9.78. The van der Waals surface area contributed by atoms with Crippen molar-refractivity contribution in [1.82, 2.24) is 4.57 Å². The number of nitrogens with zero attached hydrogens (tertiary/aromatic N) is 1. The Labute approximate surface area is 181 Å². The minimum atomic E-state index is -1.49. The van der Waals surface area contributed by atoms with E-state index >= 15 is 0 Å². The van der Waals surface area contributed by atoms with Crippen LogP contribution < -0.4 is 5.46 Å². The van der Waals surface area contributed by atoms with Gasteiger partial charge in [0.05, 0.1) is 11.0 Å². The molecule has 0 saturated carbocycles. The highest BCUT2D eigenvalue weighted by molar-refractivity contribution is 6.59. The van der Waals surface area contributed by atoms with E-state index in [1.54, 1.807) is 6.07 Å². The molecule has 1 aliphatic rings. The van der Waals surface area contributed by atoms with Gasteiger partial charge in [0.25, 0.3) is 0 Å². The Hall–Kier alpha value is -3.34. The maximum atomic E-state index is 9.78. The molecule has 3 nitrogen and oxygen atoms in total. The van der Waals surface area contributed by atoms with Gasteiger partial charge < -0.3 is 14.6 Å². The van der Waals surface area contributed by atoms with Crippen LogP contribution in [0, 0.1) is 0 Å². The zero-order valence-electron chi connectivity index (χ0n) is 17.5. The highest BCUT2D eigenvalue weighted by Gasteiger charge is 2.38. The lowest BCUT2D eigenvalue weighted by atomic mass is 9.79. The van der Waals surface area contributed by atoms with Gasteiger partial charge in [-0.1, -0.05) is 80.6 Å². The molecule has 1 aliphatic carbocycles. The van der Waals surface area contributed by atoms with Crippen LogP contribution in [0.2, 0.25) is 0 Å². The summed E-state index contributed by atoms with van der Waals surface area (Å²) in [6, 6.07) is 29.2. The van der Waals surface area contributed by atoms with Gasteiger partial charge >= 0.3 is 7.12 Å². The molecule has 0 unspecified atom stereocenters. The first-order valence-corrected chi connectivity index (χ1v) is 10.6. The lowest BCUT2D eigenvalue weighted by Gasteiger charge is -2.23. The van der Waals surface area contributed by atoms with E-state index in [2.05, 4.69) is 79.1 Å². The molecule has 2 N–H and O–H groups in total. The van der Waals surface area contributed by atoms with E-state index in [1.807, 2.05) is 18.2 Å². The number of para-hydroxylation sites is 1. The SMILES string of the molecule is CC1(C)c2ccccc2-c2ccc3c4cc(B(O)O)ccc4n(-c4ccccc4)c3c21. The summed E-state index contributed by atoms with van der Waals surface area (Å²) in [4.78, 5) is 0. The molecule has 0 atom stereocenters. The second-order valence-corrected chi connectivity index (χ2v) is 8.88. The van der Waals surface area contributed by atoms with Gasteiger partial charge in [-0.25, -0.2) is 0 Å². The van der Waals surface area contributed by atoms with Gasteiger partial charge in [-0.15, -0.1) is 0 Å². The molecule has 0 bridgehead atoms. The van der Waals surface area contributed by atoms with Gasteiger partial charge in [-0.3, -0.25) is 0 Å². The molecule has 0 amide bonds. The summed E-state index contributed by atoms with van der Waals surface area (Å²) >= 11 is 0. The molecule has 150 valence electrons. The third kappa shape index (κ3) is 2.43. The number of rotatable bonds is 2. The van der Waals surface area contributed by atoms with Crippen molar-refractivity contribution in [2.75, 3.05) is 0 Å². The molecular formula is C27H22BNO2. The second-order valence-electron chi connectivity index (χ2n) is 8.88. The molecule has 4 heteroatoms. The van der Waals surface area contributed by atoms with Crippen molar-refractivity contribution in [3.63, 3.8) is 0 Å². The minimum absolute atomic E-state index is 0.147. The number of hydrogen-bond donors (Lipinski definition) is 2. The zero-order chi connectivity index (χ0) is 21.3. The van der Waals surface area contributed by atoms with Gasteiger partial charge in [0.1, 0.15) is 0 Å². The van der Waals surface area contributed by atoms with Crippen molar-refractivity contribution in [3.8, 4) is 16.8 Å². The van der Waals surface area contributed by atoms with Crippen LogP contribution in [-0.2, 0) is 5.41 Å². The lowest BCUT2D eigenvalue weighted by molar-refractivity contribution is 0.426. The molecule has 31 heavy (non-hydrogen) atoms. The smallest absolute Gasteiger partial charge is 0.423 e. The molecule has 0 radical (unpaired) electrons. The normalized spacial score (nSPS) is 14.1. The van der Waals surface area contributed by atoms with Gasteiger partial charge in [0.15, 0.2) is 0 Å². The Morgan fingerprint density at radius 2 is 1.48 bits per heavy atom. The summed E-state index contributed by atoms with van der Waals surface area (Å²) in [5.74, 6) is 0. The summed E-state index contributed by atoms with van der Waals surface area (Å²) in [5, 5.41) is 21.7. The minimum Gasteiger partial charge on any atom is -0.423 e. The van der Waals surface area contributed by atoms with E-state index in [1.165, 1.54) is 27.8 Å². The Kier molecular flexibility index (Phi) is 3.77. The predicted octanol–water partition coefficient (Wildman–Crippen LogP) is 4.77. The molecular weight excluding hydrogens is 381 g/mol. The van der Waals surface area contributed by atoms with Crippen LogP contribution in [0.5, 0.6) is 0 Å². The monoisotopic (exact) mass is 403 g/mol. The van der Waals surface area contributed by atoms with Crippen molar-refractivity contribution in [1.29, 1.82) is 0 Å². The van der Waals surface area contributed by atoms with Crippen LogP contribution >= 0.6 is 0 Å². The second kappa shape index (κ2) is 6.33. The first kappa shape index (κ1) is 18.4. The van der Waals surface area contributed by atoms with E-state index in [-0.39, 0.29) is 5.41 Å². The molecule has 0 aliphatic heterocycles. The van der Waals surface area contributed by atoms with Crippen LogP contribution in [-0.4, -0.2) is 21.7 Å². The van der Waals surface area contributed by atoms with Crippen molar-refractivity contribution in [2.45, 2.75) is 19.3 Å². The van der Waals surface area contributed by atoms with E-state index < -0.39 is 7.12 Å². The van der Waals surface area contributed by atoms with E-state index in [4.69, 9.17) is 0 Å². The van der Waals surface area contributed by atoms with E-state index in [0.717, 1.165) is 22.0 Å². The molecule has 4 aromatic carbocycles. The van der Waals surface area contributed by atoms with Gasteiger partial charge in [-0.2, -0.15) is 0 Å². The standard InChI is InChI=1S/C27H22BNO2/c1-27(2)23-11-7-6-10-19(23)20-13-14-21-22-16-17(28(30)31)12-15-24(22)29(26(21)25(20)27)18-8-4-3-5-9-18/h3-16,30-31H,1-2H3. The predicted molar refractivity (Wildman–Crippen MR) is 128 cm³/mol. The number of hydrogen-bond acceptors (Lipinski definition) is 2. The molecule has 1 heterocycles. The van der Waals surface area contributed by atoms with Gasteiger partial charge in [-0.05, 0) is 45.9 Å². The Bertz CT molecular complexity index is 1480. The molecule has 0 spiro atoms. The van der Waals surface area contributed by atoms with Crippen LogP contribution in [0.15, 0.2) is 84.9 Å². The van der Waals surface area contributed by atoms with Crippen LogP contribution in [0.3, 0.4) is 0 Å². The number of fused-ring (bicyclic) bond motifs is 7. The number of benzene rings is 4. The number of aromatic nitrogens is 1. The van der Waals surface area contributed by atoms with Crippen LogP contribution in [0.25, 0.3) is 38.6 Å². The molecule has 6 rings (SSSR count). The first-order valence-electron chi connectivity index (χ1n) is 10.6. The topological polar surface area (TPSA) is 45.4 Å².